The van der Waals surface area contributed by atoms with Crippen molar-refractivity contribution in [3.8, 4) is 0 Å². The highest BCUT2D eigenvalue weighted by molar-refractivity contribution is 7.89. The van der Waals surface area contributed by atoms with Gasteiger partial charge in [0.1, 0.15) is 5.71 Å². The molecule has 25 heavy (non-hydrogen) atoms. The first-order valence-electron chi connectivity index (χ1n) is 7.46. The van der Waals surface area contributed by atoms with E-state index in [0.29, 0.717) is 6.54 Å². The molecule has 0 radical (unpaired) electrons. The van der Waals surface area contributed by atoms with E-state index in [0.717, 1.165) is 28.1 Å². The second kappa shape index (κ2) is 6.52. The van der Waals surface area contributed by atoms with Gasteiger partial charge in [0.2, 0.25) is 10.0 Å². The summed E-state index contributed by atoms with van der Waals surface area (Å²) in [7, 11) is -3.72. The van der Waals surface area contributed by atoms with Crippen LogP contribution in [0.15, 0.2) is 69.2 Å². The van der Waals surface area contributed by atoms with Crippen LogP contribution in [0.5, 0.6) is 0 Å². The van der Waals surface area contributed by atoms with Crippen molar-refractivity contribution in [2.45, 2.75) is 11.8 Å². The van der Waals surface area contributed by atoms with Gasteiger partial charge in [-0.25, -0.2) is 13.6 Å². The van der Waals surface area contributed by atoms with Crippen molar-refractivity contribution in [1.29, 1.82) is 0 Å². The van der Waals surface area contributed by atoms with Crippen LogP contribution in [-0.2, 0) is 10.0 Å². The second-order valence-electron chi connectivity index (χ2n) is 5.63. The topological polar surface area (TPSA) is 114 Å². The Hall–Kier alpha value is -2.93. The van der Waals surface area contributed by atoms with Crippen molar-refractivity contribution in [3.63, 3.8) is 0 Å². The SMILES string of the molecule is Cc1ccc(C2=NN(c3ccc(S(N)(=O)=O)cc3)CC2=C=NN)cc1. The van der Waals surface area contributed by atoms with Crippen molar-refractivity contribution >= 4 is 27.3 Å². The third kappa shape index (κ3) is 3.61. The molecule has 0 atom stereocenters. The monoisotopic (exact) mass is 355 g/mol. The van der Waals surface area contributed by atoms with Gasteiger partial charge in [0.05, 0.1) is 22.7 Å². The summed E-state index contributed by atoms with van der Waals surface area (Å²) in [5, 5.41) is 15.0. The third-order valence-corrected chi connectivity index (χ3v) is 4.73. The van der Waals surface area contributed by atoms with Gasteiger partial charge in [-0.15, -0.1) is 5.10 Å². The van der Waals surface area contributed by atoms with Crippen molar-refractivity contribution in [1.82, 2.24) is 0 Å². The number of hydrazone groups is 2. The standard InChI is InChI=1S/C17H17N5O2S/c1-12-2-4-13(5-3-12)17-14(10-20-18)11-22(21-17)15-6-8-16(9-7-15)25(19,23)24/h2-9H,11,18H2,1H3,(H2,19,23,24). The van der Waals surface area contributed by atoms with Crippen LogP contribution < -0.4 is 16.0 Å². The summed E-state index contributed by atoms with van der Waals surface area (Å²) >= 11 is 0. The predicted molar refractivity (Wildman–Crippen MR) is 98.0 cm³/mol. The number of nitrogens with two attached hydrogens (primary N) is 2. The van der Waals surface area contributed by atoms with Gasteiger partial charge in [-0.2, -0.15) is 5.10 Å². The Morgan fingerprint density at radius 1 is 1.12 bits per heavy atom. The van der Waals surface area contributed by atoms with E-state index in [4.69, 9.17) is 11.0 Å². The maximum atomic E-state index is 11.4. The van der Waals surface area contributed by atoms with Crippen molar-refractivity contribution in [3.05, 3.63) is 65.2 Å². The number of benzene rings is 2. The lowest BCUT2D eigenvalue weighted by Gasteiger charge is -2.13. The number of aryl methyl sites for hydroxylation is 1. The molecule has 0 spiro atoms. The number of hydrogen-bond acceptors (Lipinski definition) is 6. The third-order valence-electron chi connectivity index (χ3n) is 3.80. The molecule has 0 aliphatic carbocycles. The van der Waals surface area contributed by atoms with Gasteiger partial charge in [-0.05, 0) is 31.2 Å². The van der Waals surface area contributed by atoms with E-state index < -0.39 is 10.0 Å². The molecule has 1 heterocycles. The van der Waals surface area contributed by atoms with Crippen LogP contribution >= 0.6 is 0 Å². The van der Waals surface area contributed by atoms with Gasteiger partial charge >= 0.3 is 0 Å². The number of nitrogens with zero attached hydrogens (tertiary/aromatic N) is 3. The Morgan fingerprint density at radius 2 is 1.76 bits per heavy atom. The quantitative estimate of drug-likeness (QED) is 0.491. The van der Waals surface area contributed by atoms with E-state index in [1.807, 2.05) is 31.2 Å². The number of anilines is 1. The molecule has 1 aliphatic heterocycles. The molecule has 0 saturated carbocycles. The van der Waals surface area contributed by atoms with Crippen LogP contribution in [0.4, 0.5) is 5.69 Å². The van der Waals surface area contributed by atoms with Crippen molar-refractivity contribution in [2.75, 3.05) is 11.6 Å². The first-order chi connectivity index (χ1) is 11.9. The molecule has 8 heteroatoms. The van der Waals surface area contributed by atoms with Gasteiger partial charge < -0.3 is 5.84 Å². The molecule has 0 amide bonds. The summed E-state index contributed by atoms with van der Waals surface area (Å²) in [6.45, 7) is 2.44. The molecule has 3 rings (SSSR count). The molecule has 128 valence electrons. The van der Waals surface area contributed by atoms with Crippen LogP contribution in [0.1, 0.15) is 11.1 Å². The Balaban J connectivity index is 1.98. The van der Waals surface area contributed by atoms with Gasteiger partial charge in [-0.1, -0.05) is 29.8 Å². The molecular weight excluding hydrogens is 338 g/mol. The van der Waals surface area contributed by atoms with Crippen LogP contribution in [0, 0.1) is 6.92 Å². The van der Waals surface area contributed by atoms with Gasteiger partial charge in [0, 0.05) is 11.4 Å². The Labute approximate surface area is 146 Å². The minimum absolute atomic E-state index is 0.0532. The van der Waals surface area contributed by atoms with E-state index in [9.17, 15) is 8.42 Å². The summed E-state index contributed by atoms with van der Waals surface area (Å²) < 4.78 is 22.7. The zero-order valence-electron chi connectivity index (χ0n) is 13.5. The van der Waals surface area contributed by atoms with Crippen molar-refractivity contribution in [2.24, 2.45) is 21.2 Å². The highest BCUT2D eigenvalue weighted by Crippen LogP contribution is 2.25. The normalized spacial score (nSPS) is 14.2. The van der Waals surface area contributed by atoms with Gasteiger partial charge in [0.25, 0.3) is 0 Å². The Bertz CT molecular complexity index is 986. The molecule has 2 aromatic carbocycles. The van der Waals surface area contributed by atoms with Crippen molar-refractivity contribution < 1.29 is 8.42 Å². The lowest BCUT2D eigenvalue weighted by atomic mass is 10.0. The number of primary sulfonamides is 1. The first kappa shape index (κ1) is 16.9. The summed E-state index contributed by atoms with van der Waals surface area (Å²) in [6.07, 6.45) is 0. The molecular formula is C17H17N5O2S. The average molecular weight is 355 g/mol. The molecule has 2 aromatic rings. The summed E-state index contributed by atoms with van der Waals surface area (Å²) in [5.41, 5.74) is 4.29. The molecule has 0 saturated heterocycles. The van der Waals surface area contributed by atoms with Gasteiger partial charge in [-0.3, -0.25) is 5.01 Å². The zero-order valence-corrected chi connectivity index (χ0v) is 14.4. The maximum Gasteiger partial charge on any atom is 0.238 e. The minimum atomic E-state index is -3.72. The van der Waals surface area contributed by atoms with E-state index in [1.54, 1.807) is 17.1 Å². The van der Waals surface area contributed by atoms with E-state index >= 15 is 0 Å². The summed E-state index contributed by atoms with van der Waals surface area (Å²) in [4.78, 5) is 0.0532. The van der Waals surface area contributed by atoms with Crippen LogP contribution in [0.25, 0.3) is 0 Å². The largest absolute Gasteiger partial charge is 0.315 e. The molecule has 1 aliphatic rings. The van der Waals surface area contributed by atoms with E-state index in [1.165, 1.54) is 12.1 Å². The molecule has 0 fully saturated rings. The molecule has 0 unspecified atom stereocenters. The number of sulfonamides is 1. The highest BCUT2D eigenvalue weighted by Gasteiger charge is 2.23. The minimum Gasteiger partial charge on any atom is -0.315 e. The number of hydrogen-bond donors (Lipinski definition) is 2. The lowest BCUT2D eigenvalue weighted by molar-refractivity contribution is 0.598. The Morgan fingerprint density at radius 3 is 2.32 bits per heavy atom. The fourth-order valence-corrected chi connectivity index (χ4v) is 3.02. The molecule has 4 N–H and O–H groups in total. The average Bonchev–Trinajstić information content (AvgIpc) is 2.99. The van der Waals surface area contributed by atoms with Crippen LogP contribution in [0.2, 0.25) is 0 Å². The smallest absolute Gasteiger partial charge is 0.238 e. The second-order valence-corrected chi connectivity index (χ2v) is 7.19. The van der Waals surface area contributed by atoms with E-state index in [2.05, 4.69) is 16.1 Å². The zero-order chi connectivity index (χ0) is 18.0. The predicted octanol–water partition coefficient (Wildman–Crippen LogP) is 1.34. The maximum absolute atomic E-state index is 11.4. The summed E-state index contributed by atoms with van der Waals surface area (Å²) in [5.74, 6) is 8.04. The Kier molecular flexibility index (Phi) is 4.41. The van der Waals surface area contributed by atoms with Crippen LogP contribution in [-0.4, -0.2) is 26.5 Å². The lowest BCUT2D eigenvalue weighted by Crippen LogP contribution is -2.15. The molecule has 0 bridgehead atoms. The first-order valence-corrected chi connectivity index (χ1v) is 9.01. The molecule has 0 aromatic heterocycles. The van der Waals surface area contributed by atoms with Gasteiger partial charge in [0.15, 0.2) is 0 Å². The number of rotatable bonds is 3. The fraction of sp³-hybridized carbons (Fsp3) is 0.118. The fourth-order valence-electron chi connectivity index (χ4n) is 2.51. The van der Waals surface area contributed by atoms with E-state index in [-0.39, 0.29) is 4.90 Å². The molecule has 7 nitrogen and oxygen atoms in total. The highest BCUT2D eigenvalue weighted by atomic mass is 32.2. The van der Waals surface area contributed by atoms with Crippen LogP contribution in [0.3, 0.4) is 0 Å². The summed E-state index contributed by atoms with van der Waals surface area (Å²) in [6, 6.07) is 14.1.